The number of carbonyl (C=O) groups excluding carboxylic acids is 1. The largest absolute Gasteiger partial charge is 0.497 e. The van der Waals surface area contributed by atoms with Gasteiger partial charge in [-0.1, -0.05) is 18.6 Å². The Morgan fingerprint density at radius 3 is 2.21 bits per heavy atom. The van der Waals surface area contributed by atoms with Crippen LogP contribution in [0.5, 0.6) is 11.5 Å². The average Bonchev–Trinajstić information content (AvgIpc) is 2.87. The van der Waals surface area contributed by atoms with Crippen LogP contribution in [-0.4, -0.2) is 67.7 Å². The highest BCUT2D eigenvalue weighted by atomic mass is 19.4. The summed E-state index contributed by atoms with van der Waals surface area (Å²) < 4.78 is 53.4. The summed E-state index contributed by atoms with van der Waals surface area (Å²) >= 11 is 0. The smallest absolute Gasteiger partial charge is 0.389 e. The van der Waals surface area contributed by atoms with Crippen LogP contribution in [0, 0.1) is 0 Å². The minimum Gasteiger partial charge on any atom is -0.497 e. The number of carboxylic acid groups (broad SMARTS) is 1. The van der Waals surface area contributed by atoms with Gasteiger partial charge in [-0.2, -0.15) is 13.2 Å². The molecule has 2 aromatic carbocycles. The Morgan fingerprint density at radius 1 is 0.974 bits per heavy atom. The predicted molar refractivity (Wildman–Crippen MR) is 137 cm³/mol. The Labute approximate surface area is 220 Å². The number of hydrogen-bond donors (Lipinski definition) is 2. The van der Waals surface area contributed by atoms with Gasteiger partial charge in [0.1, 0.15) is 18.1 Å². The summed E-state index contributed by atoms with van der Waals surface area (Å²) in [6, 6.07) is 13.3. The second kappa shape index (κ2) is 15.7. The number of halogens is 3. The van der Waals surface area contributed by atoms with Gasteiger partial charge in [-0.15, -0.1) is 0 Å². The van der Waals surface area contributed by atoms with Crippen LogP contribution in [-0.2, 0) is 16.0 Å². The minimum atomic E-state index is -4.19. The van der Waals surface area contributed by atoms with Crippen LogP contribution < -0.4 is 14.8 Å². The second-order valence-electron chi connectivity index (χ2n) is 8.55. The zero-order chi connectivity index (χ0) is 28.0. The molecule has 8 nitrogen and oxygen atoms in total. The lowest BCUT2D eigenvalue weighted by Crippen LogP contribution is -2.38. The molecule has 210 valence electrons. The van der Waals surface area contributed by atoms with Crippen molar-refractivity contribution in [2.45, 2.75) is 51.3 Å². The van der Waals surface area contributed by atoms with E-state index in [1.54, 1.807) is 55.5 Å². The van der Waals surface area contributed by atoms with Crippen molar-refractivity contribution in [2.75, 3.05) is 38.7 Å². The molecule has 2 N–H and O–H groups in total. The molecule has 0 saturated carbocycles. The van der Waals surface area contributed by atoms with Gasteiger partial charge in [-0.05, 0) is 61.7 Å². The number of carboxylic acids is 1. The molecule has 0 spiro atoms. The molecule has 0 aliphatic carbocycles. The first-order valence-electron chi connectivity index (χ1n) is 12.4. The Kier molecular flexibility index (Phi) is 12.7. The number of carbonyl (C=O) groups is 2. The minimum absolute atomic E-state index is 0.00627. The van der Waals surface area contributed by atoms with Gasteiger partial charge in [0.05, 0.1) is 13.7 Å². The van der Waals surface area contributed by atoms with Crippen molar-refractivity contribution in [2.24, 2.45) is 0 Å². The number of rotatable bonds is 16. The lowest BCUT2D eigenvalue weighted by molar-refractivity contribution is -0.150. The van der Waals surface area contributed by atoms with E-state index in [1.807, 2.05) is 0 Å². The molecule has 2 aromatic rings. The number of nitrogens with one attached hydrogen (secondary N) is 1. The van der Waals surface area contributed by atoms with Crippen LogP contribution in [0.15, 0.2) is 48.5 Å². The lowest BCUT2D eigenvalue weighted by Gasteiger charge is -2.23. The normalized spacial score (nSPS) is 12.0. The first-order chi connectivity index (χ1) is 18.1. The zero-order valence-corrected chi connectivity index (χ0v) is 21.6. The summed E-state index contributed by atoms with van der Waals surface area (Å²) in [7, 11) is 1.54. The van der Waals surface area contributed by atoms with Crippen molar-refractivity contribution in [3.05, 3.63) is 54.1 Å². The second-order valence-corrected chi connectivity index (χ2v) is 8.55. The number of ether oxygens (including phenoxy) is 3. The van der Waals surface area contributed by atoms with Gasteiger partial charge in [0.25, 0.3) is 0 Å². The van der Waals surface area contributed by atoms with E-state index in [2.05, 4.69) is 5.32 Å². The molecule has 0 aliphatic rings. The molecule has 0 radical (unpaired) electrons. The van der Waals surface area contributed by atoms with Gasteiger partial charge in [-0.3, -0.25) is 0 Å². The Hall–Kier alpha value is -3.47. The van der Waals surface area contributed by atoms with E-state index in [-0.39, 0.29) is 38.6 Å². The molecule has 0 saturated heterocycles. The lowest BCUT2D eigenvalue weighted by atomic mass is 10.1. The number of methoxy groups -OCH3 is 1. The number of amides is 2. The SMILES string of the molecule is CCOC(Cc1ccc(OCCN(CCCCCC(F)(F)F)C(=O)Nc2ccc(OC)cc2)cc1)C(=O)O. The third-order valence-corrected chi connectivity index (χ3v) is 5.63. The molecule has 2 amide bonds. The molecule has 0 heterocycles. The van der Waals surface area contributed by atoms with Crippen molar-refractivity contribution >= 4 is 17.7 Å². The summed E-state index contributed by atoms with van der Waals surface area (Å²) in [5.41, 5.74) is 1.33. The number of hydrogen-bond acceptors (Lipinski definition) is 5. The first kappa shape index (κ1) is 30.8. The van der Waals surface area contributed by atoms with E-state index < -0.39 is 24.7 Å². The molecule has 2 rings (SSSR count). The van der Waals surface area contributed by atoms with E-state index in [4.69, 9.17) is 14.2 Å². The van der Waals surface area contributed by atoms with Gasteiger partial charge in [-0.25, -0.2) is 9.59 Å². The monoisotopic (exact) mass is 540 g/mol. The van der Waals surface area contributed by atoms with Crippen LogP contribution >= 0.6 is 0 Å². The van der Waals surface area contributed by atoms with Crippen molar-refractivity contribution in [3.63, 3.8) is 0 Å². The summed E-state index contributed by atoms with van der Waals surface area (Å²) in [6.07, 6.45) is -4.98. The Morgan fingerprint density at radius 2 is 1.63 bits per heavy atom. The number of anilines is 1. The number of urea groups is 1. The molecule has 0 fully saturated rings. The maximum Gasteiger partial charge on any atom is 0.389 e. The standard InChI is InChI=1S/C27H35F3N2O6/c1-3-37-24(25(33)34)19-20-7-11-23(12-8-20)38-18-17-32(16-6-4-5-15-27(28,29)30)26(35)31-21-9-13-22(36-2)14-10-21/h7-14,24H,3-6,15-19H2,1-2H3,(H,31,35)(H,33,34). The highest BCUT2D eigenvalue weighted by molar-refractivity contribution is 5.89. The third-order valence-electron chi connectivity index (χ3n) is 5.63. The third kappa shape index (κ3) is 11.7. The number of nitrogens with zero attached hydrogens (tertiary/aromatic N) is 1. The van der Waals surface area contributed by atoms with Crippen molar-refractivity contribution in [1.29, 1.82) is 0 Å². The van der Waals surface area contributed by atoms with E-state index in [0.717, 1.165) is 5.56 Å². The predicted octanol–water partition coefficient (Wildman–Crippen LogP) is 5.76. The van der Waals surface area contributed by atoms with Crippen LogP contribution in [0.4, 0.5) is 23.7 Å². The molecular formula is C27H35F3N2O6. The molecule has 0 aliphatic heterocycles. The van der Waals surface area contributed by atoms with Crippen LogP contribution in [0.2, 0.25) is 0 Å². The summed E-state index contributed by atoms with van der Waals surface area (Å²) in [5, 5.41) is 12.0. The van der Waals surface area contributed by atoms with Crippen molar-refractivity contribution < 1.29 is 42.1 Å². The summed E-state index contributed by atoms with van der Waals surface area (Å²) in [5.74, 6) is 0.150. The number of unbranched alkanes of at least 4 members (excludes halogenated alkanes) is 2. The van der Waals surface area contributed by atoms with Crippen LogP contribution in [0.3, 0.4) is 0 Å². The maximum atomic E-state index is 12.9. The Balaban J connectivity index is 1.92. The number of aliphatic carboxylic acids is 1. The molecular weight excluding hydrogens is 505 g/mol. The van der Waals surface area contributed by atoms with E-state index in [1.165, 1.54) is 12.0 Å². The molecule has 0 aromatic heterocycles. The van der Waals surface area contributed by atoms with Gasteiger partial charge in [0.15, 0.2) is 6.10 Å². The molecule has 11 heteroatoms. The highest BCUT2D eigenvalue weighted by Gasteiger charge is 2.26. The number of alkyl halides is 3. The number of benzene rings is 2. The molecule has 0 bridgehead atoms. The van der Waals surface area contributed by atoms with E-state index >= 15 is 0 Å². The van der Waals surface area contributed by atoms with E-state index in [9.17, 15) is 27.9 Å². The topological polar surface area (TPSA) is 97.3 Å². The van der Waals surface area contributed by atoms with E-state index in [0.29, 0.717) is 36.6 Å². The molecule has 38 heavy (non-hydrogen) atoms. The molecule has 1 unspecified atom stereocenters. The van der Waals surface area contributed by atoms with Gasteiger partial charge in [0.2, 0.25) is 0 Å². The highest BCUT2D eigenvalue weighted by Crippen LogP contribution is 2.23. The van der Waals surface area contributed by atoms with Crippen LogP contribution in [0.25, 0.3) is 0 Å². The fraction of sp³-hybridized carbons (Fsp3) is 0.481. The Bertz CT molecular complexity index is 984. The van der Waals surface area contributed by atoms with Crippen molar-refractivity contribution in [3.8, 4) is 11.5 Å². The van der Waals surface area contributed by atoms with Crippen molar-refractivity contribution in [1.82, 2.24) is 4.90 Å². The fourth-order valence-corrected chi connectivity index (χ4v) is 3.62. The maximum absolute atomic E-state index is 12.9. The summed E-state index contributed by atoms with van der Waals surface area (Å²) in [4.78, 5) is 25.7. The quantitative estimate of drug-likeness (QED) is 0.263. The first-order valence-corrected chi connectivity index (χ1v) is 12.4. The van der Waals surface area contributed by atoms with Crippen LogP contribution in [0.1, 0.15) is 38.2 Å². The molecule has 1 atom stereocenters. The van der Waals surface area contributed by atoms with Gasteiger partial charge < -0.3 is 29.5 Å². The summed E-state index contributed by atoms with van der Waals surface area (Å²) in [6.45, 7) is 2.68. The van der Waals surface area contributed by atoms with Gasteiger partial charge >= 0.3 is 18.2 Å². The zero-order valence-electron chi connectivity index (χ0n) is 21.6. The fourth-order valence-electron chi connectivity index (χ4n) is 3.62. The average molecular weight is 541 g/mol. The van der Waals surface area contributed by atoms with Gasteiger partial charge in [0, 0.05) is 31.7 Å².